The Balaban J connectivity index is 0.000000110. The van der Waals surface area contributed by atoms with Crippen molar-refractivity contribution in [3.05, 3.63) is 0 Å². The normalized spacial score (nSPS) is 8.86. The molecule has 0 spiro atoms. The summed E-state index contributed by atoms with van der Waals surface area (Å²) in [7, 11) is 11.4. The first-order valence-corrected chi connectivity index (χ1v) is 5.89. The average Bonchev–Trinajstić information content (AvgIpc) is 2.25. The predicted molar refractivity (Wildman–Crippen MR) is 31.3 cm³/mol. The van der Waals surface area contributed by atoms with E-state index in [9.17, 15) is 0 Å². The summed E-state index contributed by atoms with van der Waals surface area (Å²) in [5.74, 6) is 0. The summed E-state index contributed by atoms with van der Waals surface area (Å²) in [5.41, 5.74) is 0. The maximum absolute atomic E-state index is 4.81. The molecule has 1 aromatic rings. The fourth-order valence-electron chi connectivity index (χ4n) is 0.0354. The number of hydrogen-bond acceptors (Lipinski definition) is 0. The molecule has 1 unspecified atom stereocenters. The van der Waals surface area contributed by atoms with E-state index < -0.39 is 0 Å². The molecule has 3 nitrogen and oxygen atoms in total. The molecule has 0 amide bonds. The number of nitrogens with one attached hydrogen (secondary N) is 2. The van der Waals surface area contributed by atoms with Crippen molar-refractivity contribution in [2.24, 2.45) is 0 Å². The zero-order chi connectivity index (χ0) is 5.70. The van der Waals surface area contributed by atoms with E-state index in [1.54, 1.807) is 14.0 Å². The standard InChI is InChI=1S/2ClH.H4N3P.Pd/c;;4-3-1-2-3;/h2*1H;1-2H,4H2;/q;;;+2/p-1. The van der Waals surface area contributed by atoms with Crippen LogP contribution in [0.25, 0.3) is 0 Å². The van der Waals surface area contributed by atoms with Gasteiger partial charge in [-0.15, -0.1) is 0 Å². The number of H-pyrrole nitrogens is 2. The van der Waals surface area contributed by atoms with Gasteiger partial charge in [0.2, 0.25) is 0 Å². The van der Waals surface area contributed by atoms with Gasteiger partial charge in [-0.25, -0.2) is 0 Å². The molecule has 0 bridgehead atoms. The van der Waals surface area contributed by atoms with E-state index in [0.29, 0.717) is 0 Å². The van der Waals surface area contributed by atoms with Crippen LogP contribution in [0.15, 0.2) is 0 Å². The van der Waals surface area contributed by atoms with E-state index in [4.69, 9.17) is 19.1 Å². The van der Waals surface area contributed by atoms with Gasteiger partial charge in [0.05, 0.1) is 0 Å². The number of hydrogen-bond donors (Lipinski definition) is 2. The Labute approximate surface area is 59.4 Å². The van der Waals surface area contributed by atoms with Crippen LogP contribution in [0.4, 0.5) is 0 Å². The van der Waals surface area contributed by atoms with E-state index in [1.807, 2.05) is 0 Å². The summed E-state index contributed by atoms with van der Waals surface area (Å²) in [6.07, 6.45) is 0. The molecule has 1 aromatic heterocycles. The molecule has 1 rings (SSSR count). The summed E-state index contributed by atoms with van der Waals surface area (Å²) in [5, 5.41) is 5.39. The van der Waals surface area contributed by atoms with Gasteiger partial charge in [0.15, 0.2) is 0 Å². The van der Waals surface area contributed by atoms with Crippen LogP contribution in [0.1, 0.15) is 0 Å². The summed E-state index contributed by atoms with van der Waals surface area (Å²) in [4.78, 5) is 0. The van der Waals surface area contributed by atoms with Crippen LogP contribution in [0.5, 0.6) is 0 Å². The van der Waals surface area contributed by atoms with Crippen molar-refractivity contribution in [2.45, 2.75) is 0 Å². The van der Waals surface area contributed by atoms with Crippen molar-refractivity contribution < 1.29 is 15.9 Å². The van der Waals surface area contributed by atoms with Crippen LogP contribution >= 0.6 is 28.4 Å². The smallest absolute Gasteiger partial charge is 0.113 e. The molecule has 48 valence electrons. The Hall–Kier alpha value is 1.07. The molecule has 1 heterocycles. The zero-order valence-corrected chi connectivity index (χ0v) is 7.71. The molecule has 1 atom stereocenters. The minimum atomic E-state index is -0.106. The SMILES string of the molecule is [Cl][Pd][Cl].[PH3+]n1[nH][nH]1. The van der Waals surface area contributed by atoms with Crippen LogP contribution in [-0.4, -0.2) is 15.0 Å². The fourth-order valence-corrected chi connectivity index (χ4v) is 0.106. The minimum absolute atomic E-state index is 0.106. The first-order chi connectivity index (χ1) is 3.31. The first-order valence-electron chi connectivity index (χ1n) is 1.25. The van der Waals surface area contributed by atoms with Gasteiger partial charge in [-0.2, -0.15) is 10.4 Å². The Morgan fingerprint density at radius 1 is 1.43 bits per heavy atom. The van der Waals surface area contributed by atoms with E-state index in [1.165, 1.54) is 0 Å². The molecule has 2 N–H and O–H groups in total. The average molecular weight is 255 g/mol. The van der Waals surface area contributed by atoms with E-state index in [0.717, 1.165) is 0 Å². The van der Waals surface area contributed by atoms with Crippen molar-refractivity contribution in [2.75, 3.05) is 0 Å². The van der Waals surface area contributed by atoms with E-state index in [-0.39, 0.29) is 15.9 Å². The van der Waals surface area contributed by atoms with Crippen molar-refractivity contribution >= 4 is 28.4 Å². The fraction of sp³-hybridized carbons (Fsp3) is 0. The Morgan fingerprint density at radius 2 is 1.57 bits per heavy atom. The molecule has 0 aliphatic heterocycles. The molecule has 0 saturated heterocycles. The predicted octanol–water partition coefficient (Wildman–Crippen LogP) is 0.891. The molecule has 0 aliphatic rings. The molecule has 0 saturated carbocycles. The van der Waals surface area contributed by atoms with Crippen molar-refractivity contribution in [3.8, 4) is 0 Å². The zero-order valence-electron chi connectivity index (χ0n) is 3.23. The van der Waals surface area contributed by atoms with E-state index in [2.05, 4.69) is 10.4 Å². The maximum atomic E-state index is 4.81. The third-order valence-corrected chi connectivity index (χ3v) is 0.586. The summed E-state index contributed by atoms with van der Waals surface area (Å²) < 4.78 is 1.78. The minimum Gasteiger partial charge on any atom is -0.175 e. The largest absolute Gasteiger partial charge is 0.175 e. The molecule has 0 aliphatic carbocycles. The van der Waals surface area contributed by atoms with Crippen LogP contribution in [0, 0.1) is 0 Å². The monoisotopic (exact) mass is 254 g/mol. The number of nitrogens with zero attached hydrogens (tertiary/aromatic N) is 1. The van der Waals surface area contributed by atoms with Gasteiger partial charge in [0, 0.05) is 0 Å². The Bertz CT molecular complexity index is 81.4. The topological polar surface area (TPSA) is 36.5 Å². The number of aromatic nitrogens is 3. The summed E-state index contributed by atoms with van der Waals surface area (Å²) >= 11 is -0.106. The Kier molecular flexibility index (Phi) is 6.01. The quantitative estimate of drug-likeness (QED) is 0.510. The van der Waals surface area contributed by atoms with Gasteiger partial charge in [-0.3, -0.25) is 0 Å². The van der Waals surface area contributed by atoms with Gasteiger partial charge >= 0.3 is 35.0 Å². The van der Waals surface area contributed by atoms with Crippen molar-refractivity contribution in [1.82, 2.24) is 15.0 Å². The van der Waals surface area contributed by atoms with Crippen LogP contribution in [0.3, 0.4) is 0 Å². The van der Waals surface area contributed by atoms with Crippen molar-refractivity contribution in [1.29, 1.82) is 0 Å². The second-order valence-electron chi connectivity index (χ2n) is 0.697. The maximum Gasteiger partial charge on any atom is 0.113 e. The third-order valence-electron chi connectivity index (χ3n) is 0.270. The van der Waals surface area contributed by atoms with Gasteiger partial charge in [-0.1, -0.05) is 4.57 Å². The molecule has 0 radical (unpaired) electrons. The molecule has 0 fully saturated rings. The summed E-state index contributed by atoms with van der Waals surface area (Å²) in [6.45, 7) is 0. The van der Waals surface area contributed by atoms with Gasteiger partial charge in [0.1, 0.15) is 9.39 Å². The number of rotatable bonds is 0. The number of halogens is 2. The van der Waals surface area contributed by atoms with Crippen LogP contribution in [0.2, 0.25) is 0 Å². The second-order valence-corrected chi connectivity index (χ2v) is 3.69. The molecular weight excluding hydrogens is 250 g/mol. The molecule has 7 heteroatoms. The number of aromatic amines is 2. The summed E-state index contributed by atoms with van der Waals surface area (Å²) in [6, 6.07) is 0. The van der Waals surface area contributed by atoms with Gasteiger partial charge in [-0.05, 0) is 0 Å². The van der Waals surface area contributed by atoms with Crippen LogP contribution in [-0.2, 0) is 15.9 Å². The van der Waals surface area contributed by atoms with Crippen LogP contribution < -0.4 is 0 Å². The van der Waals surface area contributed by atoms with Gasteiger partial charge < -0.3 is 0 Å². The Morgan fingerprint density at radius 3 is 1.57 bits per heavy atom. The second kappa shape index (κ2) is 5.21. The van der Waals surface area contributed by atoms with E-state index >= 15 is 0 Å². The van der Waals surface area contributed by atoms with Gasteiger partial charge in [0.25, 0.3) is 0 Å². The first kappa shape index (κ1) is 8.07. The molecular formula is H5Cl2N3PPd+. The molecule has 0 aromatic carbocycles. The van der Waals surface area contributed by atoms with Crippen molar-refractivity contribution in [3.63, 3.8) is 0 Å². The molecule has 7 heavy (non-hydrogen) atoms. The third kappa shape index (κ3) is 11.0.